The molecule has 0 saturated carbocycles. The van der Waals surface area contributed by atoms with Crippen molar-refractivity contribution in [3.63, 3.8) is 0 Å². The molecule has 0 spiro atoms. The van der Waals surface area contributed by atoms with Crippen molar-refractivity contribution in [1.82, 2.24) is 4.57 Å². The van der Waals surface area contributed by atoms with Gasteiger partial charge in [0.1, 0.15) is 0 Å². The standard InChI is InChI=1S/C64H44N2/c1-3-17-45(18-4-1)51-35-42-55(48-20-5-2-6-21-48)61(44-51)57-24-10-9-23-56(57)58-25-11-14-28-62(58)65(52-36-33-47(34-37-52)50-32-31-46-19-7-8-22-49(46)43-50)53-38-40-54(41-39-53)66-63-29-15-12-26-59(63)60-27-13-16-30-64(60)66/h1-44H. The monoisotopic (exact) mass is 840 g/mol. The summed E-state index contributed by atoms with van der Waals surface area (Å²) >= 11 is 0. The molecule has 66 heavy (non-hydrogen) atoms. The highest BCUT2D eigenvalue weighted by molar-refractivity contribution is 6.09. The number of benzene rings is 11. The van der Waals surface area contributed by atoms with Gasteiger partial charge in [0.25, 0.3) is 0 Å². The molecule has 11 aromatic carbocycles. The van der Waals surface area contributed by atoms with Crippen LogP contribution in [0.3, 0.4) is 0 Å². The highest BCUT2D eigenvalue weighted by Gasteiger charge is 2.21. The number of rotatable bonds is 9. The van der Waals surface area contributed by atoms with Crippen LogP contribution in [0.15, 0.2) is 267 Å². The molecular weight excluding hydrogens is 797 g/mol. The van der Waals surface area contributed by atoms with E-state index in [-0.39, 0.29) is 0 Å². The van der Waals surface area contributed by atoms with Gasteiger partial charge >= 0.3 is 0 Å². The van der Waals surface area contributed by atoms with Gasteiger partial charge in [-0.3, -0.25) is 0 Å². The van der Waals surface area contributed by atoms with E-state index in [4.69, 9.17) is 0 Å². The smallest absolute Gasteiger partial charge is 0.0541 e. The molecule has 12 aromatic rings. The maximum absolute atomic E-state index is 2.42. The van der Waals surface area contributed by atoms with Crippen LogP contribution in [0.4, 0.5) is 17.1 Å². The second-order valence-corrected chi connectivity index (χ2v) is 16.9. The van der Waals surface area contributed by atoms with Crippen molar-refractivity contribution in [2.75, 3.05) is 4.90 Å². The second-order valence-electron chi connectivity index (χ2n) is 16.9. The molecule has 0 N–H and O–H groups in total. The van der Waals surface area contributed by atoms with E-state index >= 15 is 0 Å². The molecule has 0 radical (unpaired) electrons. The zero-order chi connectivity index (χ0) is 43.8. The van der Waals surface area contributed by atoms with Crippen LogP contribution < -0.4 is 4.90 Å². The third-order valence-electron chi connectivity index (χ3n) is 13.0. The number of aromatic nitrogens is 1. The van der Waals surface area contributed by atoms with Gasteiger partial charge in [-0.1, -0.05) is 200 Å². The van der Waals surface area contributed by atoms with E-state index in [9.17, 15) is 0 Å². The number of para-hydroxylation sites is 3. The molecule has 1 aromatic heterocycles. The topological polar surface area (TPSA) is 8.17 Å². The van der Waals surface area contributed by atoms with E-state index in [1.54, 1.807) is 0 Å². The minimum absolute atomic E-state index is 1.07. The normalized spacial score (nSPS) is 11.3. The first-order valence-electron chi connectivity index (χ1n) is 22.7. The molecule has 2 nitrogen and oxygen atoms in total. The van der Waals surface area contributed by atoms with Crippen molar-refractivity contribution in [2.45, 2.75) is 0 Å². The molecule has 0 bridgehead atoms. The Hall–Kier alpha value is -8.72. The van der Waals surface area contributed by atoms with Crippen LogP contribution >= 0.6 is 0 Å². The number of fused-ring (bicyclic) bond motifs is 4. The summed E-state index contributed by atoms with van der Waals surface area (Å²) in [5, 5.41) is 4.99. The van der Waals surface area contributed by atoms with Crippen LogP contribution in [0, 0.1) is 0 Å². The Labute approximate surface area is 385 Å². The van der Waals surface area contributed by atoms with Crippen molar-refractivity contribution < 1.29 is 0 Å². The summed E-state index contributed by atoms with van der Waals surface area (Å²) < 4.78 is 2.38. The van der Waals surface area contributed by atoms with E-state index in [2.05, 4.69) is 276 Å². The Morgan fingerprint density at radius 3 is 1.41 bits per heavy atom. The summed E-state index contributed by atoms with van der Waals surface area (Å²) in [6, 6.07) is 97.0. The molecule has 0 atom stereocenters. The van der Waals surface area contributed by atoms with Crippen LogP contribution in [-0.4, -0.2) is 4.57 Å². The maximum atomic E-state index is 2.42. The van der Waals surface area contributed by atoms with Gasteiger partial charge < -0.3 is 9.47 Å². The molecule has 12 rings (SSSR count). The van der Waals surface area contributed by atoms with Gasteiger partial charge in [0.15, 0.2) is 0 Å². The Bertz CT molecular complexity index is 3630. The van der Waals surface area contributed by atoms with E-state index in [1.165, 1.54) is 77.1 Å². The van der Waals surface area contributed by atoms with Crippen LogP contribution in [0.5, 0.6) is 0 Å². The van der Waals surface area contributed by atoms with E-state index < -0.39 is 0 Å². The van der Waals surface area contributed by atoms with Gasteiger partial charge in [-0.2, -0.15) is 0 Å². The maximum Gasteiger partial charge on any atom is 0.0541 e. The molecule has 0 fully saturated rings. The Morgan fingerprint density at radius 1 is 0.258 bits per heavy atom. The predicted octanol–water partition coefficient (Wildman–Crippen LogP) is 17.7. The summed E-state index contributed by atoms with van der Waals surface area (Å²) in [4.78, 5) is 2.42. The molecule has 2 heteroatoms. The molecule has 0 aliphatic rings. The first-order valence-corrected chi connectivity index (χ1v) is 22.7. The van der Waals surface area contributed by atoms with Crippen molar-refractivity contribution in [1.29, 1.82) is 0 Å². The Morgan fingerprint density at radius 2 is 0.727 bits per heavy atom. The van der Waals surface area contributed by atoms with Crippen molar-refractivity contribution in [3.8, 4) is 61.3 Å². The number of hydrogen-bond donors (Lipinski definition) is 0. The SMILES string of the molecule is c1ccc(-c2ccc(-c3ccccc3)c(-c3ccccc3-c3ccccc3N(c3ccc(-c4ccc5ccccc5c4)cc3)c3ccc(-n4c5ccccc5c5ccccc54)cc3)c2)cc1. The number of hydrogen-bond acceptors (Lipinski definition) is 1. The highest BCUT2D eigenvalue weighted by Crippen LogP contribution is 2.46. The fraction of sp³-hybridized carbons (Fsp3) is 0. The van der Waals surface area contributed by atoms with Crippen LogP contribution in [0.25, 0.3) is 93.9 Å². The lowest BCUT2D eigenvalue weighted by Gasteiger charge is -2.29. The lowest BCUT2D eigenvalue weighted by Crippen LogP contribution is -2.11. The zero-order valence-corrected chi connectivity index (χ0v) is 36.3. The summed E-state index contributed by atoms with van der Waals surface area (Å²) in [6.07, 6.45) is 0. The average Bonchev–Trinajstić information content (AvgIpc) is 3.74. The number of anilines is 3. The average molecular weight is 841 g/mol. The van der Waals surface area contributed by atoms with E-state index in [0.29, 0.717) is 0 Å². The molecular formula is C64H44N2. The fourth-order valence-electron chi connectivity index (χ4n) is 9.85. The van der Waals surface area contributed by atoms with Crippen molar-refractivity contribution in [2.24, 2.45) is 0 Å². The molecule has 0 saturated heterocycles. The van der Waals surface area contributed by atoms with Gasteiger partial charge in [-0.25, -0.2) is 0 Å². The van der Waals surface area contributed by atoms with Gasteiger partial charge in [0, 0.05) is 33.4 Å². The molecule has 1 heterocycles. The highest BCUT2D eigenvalue weighted by atomic mass is 15.1. The minimum atomic E-state index is 1.07. The van der Waals surface area contributed by atoms with Gasteiger partial charge in [0.05, 0.1) is 16.7 Å². The first-order chi connectivity index (χ1) is 32.7. The second kappa shape index (κ2) is 16.8. The third-order valence-corrected chi connectivity index (χ3v) is 13.0. The molecule has 0 aliphatic carbocycles. The van der Waals surface area contributed by atoms with Crippen molar-refractivity contribution >= 4 is 49.6 Å². The zero-order valence-electron chi connectivity index (χ0n) is 36.3. The van der Waals surface area contributed by atoms with Crippen molar-refractivity contribution in [3.05, 3.63) is 267 Å². The summed E-state index contributed by atoms with van der Waals surface area (Å²) in [7, 11) is 0. The minimum Gasteiger partial charge on any atom is -0.310 e. The molecule has 0 unspecified atom stereocenters. The van der Waals surface area contributed by atoms with Crippen LogP contribution in [0.1, 0.15) is 0 Å². The first kappa shape index (κ1) is 38.9. The molecule has 310 valence electrons. The fourth-order valence-corrected chi connectivity index (χ4v) is 9.85. The van der Waals surface area contributed by atoms with Gasteiger partial charge in [-0.15, -0.1) is 0 Å². The Kier molecular flexibility index (Phi) is 9.89. The largest absolute Gasteiger partial charge is 0.310 e. The lowest BCUT2D eigenvalue weighted by molar-refractivity contribution is 1.17. The van der Waals surface area contributed by atoms with E-state index in [1.807, 2.05) is 0 Å². The number of nitrogens with zero attached hydrogens (tertiary/aromatic N) is 2. The van der Waals surface area contributed by atoms with Crippen LogP contribution in [0.2, 0.25) is 0 Å². The van der Waals surface area contributed by atoms with Gasteiger partial charge in [-0.05, 0) is 128 Å². The van der Waals surface area contributed by atoms with E-state index in [0.717, 1.165) is 33.9 Å². The quantitative estimate of drug-likeness (QED) is 0.141. The predicted molar refractivity (Wildman–Crippen MR) is 280 cm³/mol. The molecule has 0 amide bonds. The summed E-state index contributed by atoms with van der Waals surface area (Å²) in [6.45, 7) is 0. The summed E-state index contributed by atoms with van der Waals surface area (Å²) in [5.41, 5.74) is 18.5. The summed E-state index contributed by atoms with van der Waals surface area (Å²) in [5.74, 6) is 0. The third kappa shape index (κ3) is 7.02. The Balaban J connectivity index is 1.03. The van der Waals surface area contributed by atoms with Gasteiger partial charge in [0.2, 0.25) is 0 Å². The lowest BCUT2D eigenvalue weighted by atomic mass is 9.87. The van der Waals surface area contributed by atoms with Crippen LogP contribution in [-0.2, 0) is 0 Å². The molecule has 0 aliphatic heterocycles.